The number of aliphatic imine (C=N–C) groups is 1. The molecule has 0 aliphatic rings. The third kappa shape index (κ3) is 5.09. The molecule has 4 nitrogen and oxygen atoms in total. The van der Waals surface area contributed by atoms with Crippen LogP contribution in [-0.4, -0.2) is 25.1 Å². The lowest BCUT2D eigenvalue weighted by Gasteiger charge is -2.09. The third-order valence-corrected chi connectivity index (χ3v) is 2.90. The summed E-state index contributed by atoms with van der Waals surface area (Å²) in [6.07, 6.45) is 0.874. The van der Waals surface area contributed by atoms with Gasteiger partial charge in [-0.25, -0.2) is 4.99 Å². The van der Waals surface area contributed by atoms with Gasteiger partial charge in [0.25, 0.3) is 11.9 Å². The number of amides is 1. The molecule has 0 saturated heterocycles. The summed E-state index contributed by atoms with van der Waals surface area (Å²) in [6.45, 7) is 4.85. The molecule has 0 aliphatic carbocycles. The number of nitrogens with one attached hydrogen (secondary N) is 1. The smallest absolute Gasteiger partial charge is 0.291 e. The van der Waals surface area contributed by atoms with E-state index in [4.69, 9.17) is 27.9 Å². The van der Waals surface area contributed by atoms with Gasteiger partial charge in [0.05, 0.1) is 16.7 Å². The molecule has 1 amide bonds. The van der Waals surface area contributed by atoms with Crippen LogP contribution in [0, 0.1) is 0 Å². The number of rotatable bonds is 4. The van der Waals surface area contributed by atoms with Gasteiger partial charge in [-0.15, -0.1) is 0 Å². The second-order valence-electron chi connectivity index (χ2n) is 3.70. The number of benzene rings is 1. The molecule has 0 saturated carbocycles. The molecule has 1 rings (SSSR count). The largest absolute Gasteiger partial charge is 0.465 e. The maximum absolute atomic E-state index is 12.0. The third-order valence-electron chi connectivity index (χ3n) is 2.16. The van der Waals surface area contributed by atoms with Crippen molar-refractivity contribution in [1.82, 2.24) is 5.32 Å². The lowest BCUT2D eigenvalue weighted by atomic mass is 10.2. The van der Waals surface area contributed by atoms with Crippen LogP contribution in [0.4, 0.5) is 0 Å². The first kappa shape index (κ1) is 15.8. The van der Waals surface area contributed by atoms with Crippen molar-refractivity contribution in [3.8, 4) is 0 Å². The van der Waals surface area contributed by atoms with E-state index < -0.39 is 0 Å². The molecule has 0 aliphatic heterocycles. The monoisotopic (exact) mass is 302 g/mol. The Hall–Kier alpha value is -1.26. The Balaban J connectivity index is 2.78. The Bertz CT molecular complexity index is 476. The predicted molar refractivity (Wildman–Crippen MR) is 78.1 cm³/mol. The summed E-state index contributed by atoms with van der Waals surface area (Å²) in [5.41, 5.74) is 0.401. The highest BCUT2D eigenvalue weighted by molar-refractivity contribution is 6.42. The molecule has 0 unspecified atom stereocenters. The molecule has 0 heterocycles. The van der Waals surface area contributed by atoms with Crippen molar-refractivity contribution in [1.29, 1.82) is 0 Å². The minimum atomic E-state index is -0.332. The van der Waals surface area contributed by atoms with E-state index in [0.29, 0.717) is 28.8 Å². The first-order valence-corrected chi connectivity index (χ1v) is 6.77. The highest BCUT2D eigenvalue weighted by Crippen LogP contribution is 2.22. The maximum Gasteiger partial charge on any atom is 0.291 e. The summed E-state index contributed by atoms with van der Waals surface area (Å²) in [6, 6.07) is 4.89. The highest BCUT2D eigenvalue weighted by Gasteiger charge is 2.11. The number of halogens is 2. The van der Waals surface area contributed by atoms with Crippen LogP contribution in [0.5, 0.6) is 0 Å². The van der Waals surface area contributed by atoms with Gasteiger partial charge >= 0.3 is 0 Å². The predicted octanol–water partition coefficient (Wildman–Crippen LogP) is 3.53. The Labute approximate surface area is 122 Å². The van der Waals surface area contributed by atoms with E-state index in [1.54, 1.807) is 12.1 Å². The van der Waals surface area contributed by atoms with Crippen molar-refractivity contribution in [2.24, 2.45) is 4.99 Å². The molecule has 0 spiro atoms. The molecular formula is C13H16Cl2N2O2. The molecule has 0 atom stereocenters. The van der Waals surface area contributed by atoms with Crippen molar-refractivity contribution in [2.45, 2.75) is 20.3 Å². The molecular weight excluding hydrogens is 287 g/mol. The molecule has 19 heavy (non-hydrogen) atoms. The van der Waals surface area contributed by atoms with Gasteiger partial charge in [0.1, 0.15) is 0 Å². The normalized spacial score (nSPS) is 11.3. The van der Waals surface area contributed by atoms with Crippen LogP contribution in [-0.2, 0) is 4.74 Å². The molecule has 1 aromatic rings. The zero-order valence-corrected chi connectivity index (χ0v) is 12.4. The van der Waals surface area contributed by atoms with Crippen molar-refractivity contribution in [3.63, 3.8) is 0 Å². The molecule has 0 aromatic heterocycles. The number of carbonyl (C=O) groups excluding carboxylic acids is 1. The van der Waals surface area contributed by atoms with Gasteiger partial charge in [0.2, 0.25) is 0 Å². The molecule has 0 fully saturated rings. The van der Waals surface area contributed by atoms with Gasteiger partial charge in [0.15, 0.2) is 0 Å². The van der Waals surface area contributed by atoms with E-state index in [1.807, 2.05) is 13.8 Å². The zero-order chi connectivity index (χ0) is 14.3. The Kier molecular flexibility index (Phi) is 6.67. The zero-order valence-electron chi connectivity index (χ0n) is 10.9. The fourth-order valence-electron chi connectivity index (χ4n) is 1.28. The fraction of sp³-hybridized carbons (Fsp3) is 0.385. The van der Waals surface area contributed by atoms with E-state index >= 15 is 0 Å². The first-order valence-electron chi connectivity index (χ1n) is 6.02. The number of amidine groups is 1. The van der Waals surface area contributed by atoms with Crippen LogP contribution < -0.4 is 5.32 Å². The van der Waals surface area contributed by atoms with Crippen molar-refractivity contribution in [2.75, 3.05) is 13.2 Å². The van der Waals surface area contributed by atoms with Crippen molar-refractivity contribution < 1.29 is 9.53 Å². The van der Waals surface area contributed by atoms with Gasteiger partial charge < -0.3 is 4.74 Å². The molecule has 104 valence electrons. The Morgan fingerprint density at radius 3 is 2.63 bits per heavy atom. The minimum Gasteiger partial charge on any atom is -0.465 e. The number of hydrogen-bond acceptors (Lipinski definition) is 3. The van der Waals surface area contributed by atoms with Crippen LogP contribution >= 0.6 is 23.2 Å². The topological polar surface area (TPSA) is 50.7 Å². The lowest BCUT2D eigenvalue weighted by Crippen LogP contribution is -2.32. The van der Waals surface area contributed by atoms with Crippen LogP contribution in [0.2, 0.25) is 10.0 Å². The van der Waals surface area contributed by atoms with Gasteiger partial charge in [-0.2, -0.15) is 0 Å². The number of nitrogens with zero attached hydrogens (tertiary/aromatic N) is 1. The van der Waals surface area contributed by atoms with E-state index in [-0.39, 0.29) is 11.9 Å². The number of ether oxygens (including phenoxy) is 1. The molecule has 1 N–H and O–H groups in total. The van der Waals surface area contributed by atoms with Crippen LogP contribution in [0.1, 0.15) is 30.6 Å². The molecule has 0 bridgehead atoms. The Morgan fingerprint density at radius 2 is 2.05 bits per heavy atom. The first-order chi connectivity index (χ1) is 9.08. The average molecular weight is 303 g/mol. The quantitative estimate of drug-likeness (QED) is 0.683. The van der Waals surface area contributed by atoms with Crippen molar-refractivity contribution >= 4 is 35.1 Å². The van der Waals surface area contributed by atoms with Crippen molar-refractivity contribution in [3.05, 3.63) is 33.8 Å². The van der Waals surface area contributed by atoms with Gasteiger partial charge in [0, 0.05) is 12.1 Å². The molecule has 0 radical (unpaired) electrons. The second kappa shape index (κ2) is 8.02. The van der Waals surface area contributed by atoms with E-state index in [2.05, 4.69) is 10.3 Å². The van der Waals surface area contributed by atoms with Crippen LogP contribution in [0.15, 0.2) is 23.2 Å². The summed E-state index contributed by atoms with van der Waals surface area (Å²) < 4.78 is 5.25. The molecule has 1 aromatic carbocycles. The summed E-state index contributed by atoms with van der Waals surface area (Å²) in [5, 5.41) is 3.34. The number of hydrogen-bond donors (Lipinski definition) is 1. The van der Waals surface area contributed by atoms with Crippen LogP contribution in [0.25, 0.3) is 0 Å². The Morgan fingerprint density at radius 1 is 1.32 bits per heavy atom. The fourth-order valence-corrected chi connectivity index (χ4v) is 1.58. The van der Waals surface area contributed by atoms with Gasteiger partial charge in [-0.05, 0) is 31.5 Å². The van der Waals surface area contributed by atoms with E-state index in [9.17, 15) is 4.79 Å². The maximum atomic E-state index is 12.0. The standard InChI is InChI=1S/C13H16Cl2N2O2/c1-3-7-16-13(19-4-2)17-12(18)9-5-6-10(14)11(15)8-9/h5-6,8H,3-4,7H2,1-2H3,(H,16,17,18). The SMILES string of the molecule is CCCN=C(NC(=O)c1ccc(Cl)c(Cl)c1)OCC. The van der Waals surface area contributed by atoms with Crippen LogP contribution in [0.3, 0.4) is 0 Å². The highest BCUT2D eigenvalue weighted by atomic mass is 35.5. The summed E-state index contributed by atoms with van der Waals surface area (Å²) in [4.78, 5) is 16.1. The minimum absolute atomic E-state index is 0.223. The average Bonchev–Trinajstić information content (AvgIpc) is 2.39. The summed E-state index contributed by atoms with van der Waals surface area (Å²) in [5.74, 6) is -0.332. The summed E-state index contributed by atoms with van der Waals surface area (Å²) in [7, 11) is 0. The lowest BCUT2D eigenvalue weighted by molar-refractivity contribution is 0.0966. The van der Waals surface area contributed by atoms with E-state index in [0.717, 1.165) is 6.42 Å². The van der Waals surface area contributed by atoms with E-state index in [1.165, 1.54) is 6.07 Å². The number of carbonyl (C=O) groups is 1. The molecule has 6 heteroatoms. The van der Waals surface area contributed by atoms with Gasteiger partial charge in [-0.3, -0.25) is 10.1 Å². The second-order valence-corrected chi connectivity index (χ2v) is 4.52. The summed E-state index contributed by atoms with van der Waals surface area (Å²) >= 11 is 11.7. The van der Waals surface area contributed by atoms with Gasteiger partial charge in [-0.1, -0.05) is 30.1 Å².